The van der Waals surface area contributed by atoms with E-state index in [1.54, 1.807) is 36.4 Å². The number of nitrogens with one attached hydrogen (secondary N) is 1. The van der Waals surface area contributed by atoms with Crippen molar-refractivity contribution in [2.75, 3.05) is 12.4 Å². The number of hydrogen-bond acceptors (Lipinski definition) is 4. The number of nitrogens with zero attached hydrogens (tertiary/aromatic N) is 1. The van der Waals surface area contributed by atoms with Crippen LogP contribution in [0.3, 0.4) is 0 Å². The molecule has 0 aliphatic carbocycles. The standard InChI is InChI=1S/C23H19ClN2O3/c1-13-4-5-16(10-14(13)2)23-26-19-12-17(7-9-21(19)29-23)25-22(27)15-6-8-20(28-3)18(24)11-15/h4-12H,1-3H3,(H,25,27). The number of fused-ring (bicyclic) bond motifs is 1. The zero-order valence-electron chi connectivity index (χ0n) is 16.2. The van der Waals surface area contributed by atoms with Gasteiger partial charge in [0.05, 0.1) is 12.1 Å². The second-order valence-corrected chi connectivity index (χ2v) is 7.21. The highest BCUT2D eigenvalue weighted by atomic mass is 35.5. The number of carbonyl (C=O) groups excluding carboxylic acids is 1. The summed E-state index contributed by atoms with van der Waals surface area (Å²) in [5, 5.41) is 3.24. The van der Waals surface area contributed by atoms with Crippen LogP contribution in [0.1, 0.15) is 21.5 Å². The van der Waals surface area contributed by atoms with E-state index in [1.807, 2.05) is 12.1 Å². The highest BCUT2D eigenvalue weighted by molar-refractivity contribution is 6.32. The lowest BCUT2D eigenvalue weighted by atomic mass is 10.1. The van der Waals surface area contributed by atoms with Gasteiger partial charge in [0, 0.05) is 16.8 Å². The lowest BCUT2D eigenvalue weighted by molar-refractivity contribution is 0.102. The average Bonchev–Trinajstić information content (AvgIpc) is 3.13. The number of aromatic nitrogens is 1. The van der Waals surface area contributed by atoms with Crippen molar-refractivity contribution in [1.82, 2.24) is 4.98 Å². The smallest absolute Gasteiger partial charge is 0.255 e. The van der Waals surface area contributed by atoms with E-state index in [2.05, 4.69) is 30.2 Å². The van der Waals surface area contributed by atoms with Gasteiger partial charge >= 0.3 is 0 Å². The Morgan fingerprint density at radius 3 is 2.59 bits per heavy atom. The maximum atomic E-state index is 12.5. The molecule has 0 radical (unpaired) electrons. The van der Waals surface area contributed by atoms with Crippen LogP contribution >= 0.6 is 11.6 Å². The van der Waals surface area contributed by atoms with E-state index < -0.39 is 0 Å². The monoisotopic (exact) mass is 406 g/mol. The second kappa shape index (κ2) is 7.60. The fourth-order valence-corrected chi connectivity index (χ4v) is 3.27. The van der Waals surface area contributed by atoms with Gasteiger partial charge in [0.2, 0.25) is 5.89 Å². The van der Waals surface area contributed by atoms with Gasteiger partial charge in [-0.25, -0.2) is 4.98 Å². The lowest BCUT2D eigenvalue weighted by Crippen LogP contribution is -2.11. The molecule has 146 valence electrons. The quantitative estimate of drug-likeness (QED) is 0.449. The van der Waals surface area contributed by atoms with Gasteiger partial charge in [-0.05, 0) is 73.5 Å². The van der Waals surface area contributed by atoms with Crippen LogP contribution in [0.2, 0.25) is 5.02 Å². The Morgan fingerprint density at radius 1 is 1.03 bits per heavy atom. The molecule has 1 aromatic heterocycles. The number of oxazole rings is 1. The van der Waals surface area contributed by atoms with Crippen molar-refractivity contribution in [2.45, 2.75) is 13.8 Å². The summed E-state index contributed by atoms with van der Waals surface area (Å²) in [7, 11) is 1.53. The van der Waals surface area contributed by atoms with Crippen molar-refractivity contribution >= 4 is 34.3 Å². The number of anilines is 1. The first kappa shape index (κ1) is 19.0. The highest BCUT2D eigenvalue weighted by Crippen LogP contribution is 2.28. The first-order valence-corrected chi connectivity index (χ1v) is 9.45. The van der Waals surface area contributed by atoms with Crippen LogP contribution in [0.4, 0.5) is 5.69 Å². The fourth-order valence-electron chi connectivity index (χ4n) is 3.01. The van der Waals surface area contributed by atoms with Gasteiger partial charge in [-0.1, -0.05) is 17.7 Å². The number of hydrogen-bond donors (Lipinski definition) is 1. The molecule has 1 amide bonds. The molecule has 0 spiro atoms. The maximum Gasteiger partial charge on any atom is 0.255 e. The van der Waals surface area contributed by atoms with Gasteiger partial charge in [0.15, 0.2) is 5.58 Å². The van der Waals surface area contributed by atoms with E-state index in [0.717, 1.165) is 5.56 Å². The highest BCUT2D eigenvalue weighted by Gasteiger charge is 2.13. The molecule has 1 N–H and O–H groups in total. The normalized spacial score (nSPS) is 10.9. The third kappa shape index (κ3) is 3.82. The van der Waals surface area contributed by atoms with E-state index in [0.29, 0.717) is 39.0 Å². The SMILES string of the molecule is COc1ccc(C(=O)Nc2ccc3oc(-c4ccc(C)c(C)c4)nc3c2)cc1Cl. The molecule has 0 bridgehead atoms. The number of carbonyl (C=O) groups is 1. The molecule has 0 saturated carbocycles. The molecular formula is C23H19ClN2O3. The number of benzene rings is 3. The first-order chi connectivity index (χ1) is 13.9. The van der Waals surface area contributed by atoms with Crippen LogP contribution in [-0.4, -0.2) is 18.0 Å². The summed E-state index contributed by atoms with van der Waals surface area (Å²) >= 11 is 6.11. The summed E-state index contributed by atoms with van der Waals surface area (Å²) in [4.78, 5) is 17.1. The van der Waals surface area contributed by atoms with E-state index in [9.17, 15) is 4.79 Å². The Bertz CT molecular complexity index is 1230. The van der Waals surface area contributed by atoms with Crippen molar-refractivity contribution in [3.05, 3.63) is 76.3 Å². The Labute approximate surface area is 173 Å². The average molecular weight is 407 g/mol. The largest absolute Gasteiger partial charge is 0.495 e. The number of rotatable bonds is 4. The minimum Gasteiger partial charge on any atom is -0.495 e. The van der Waals surface area contributed by atoms with Crippen LogP contribution in [0.5, 0.6) is 5.75 Å². The predicted molar refractivity (Wildman–Crippen MR) is 115 cm³/mol. The van der Waals surface area contributed by atoms with Gasteiger partial charge in [-0.15, -0.1) is 0 Å². The van der Waals surface area contributed by atoms with E-state index in [-0.39, 0.29) is 5.91 Å². The molecule has 0 fully saturated rings. The van der Waals surface area contributed by atoms with Gasteiger partial charge < -0.3 is 14.5 Å². The number of aryl methyl sites for hydroxylation is 2. The van der Waals surface area contributed by atoms with Gasteiger partial charge in [-0.3, -0.25) is 4.79 Å². The van der Waals surface area contributed by atoms with E-state index in [4.69, 9.17) is 20.8 Å². The predicted octanol–water partition coefficient (Wildman–Crippen LogP) is 6.03. The molecule has 1 heterocycles. The lowest BCUT2D eigenvalue weighted by Gasteiger charge is -2.07. The molecule has 0 aliphatic rings. The molecule has 3 aromatic carbocycles. The summed E-state index contributed by atoms with van der Waals surface area (Å²) in [5.74, 6) is 0.798. The Balaban J connectivity index is 1.59. The first-order valence-electron chi connectivity index (χ1n) is 9.08. The van der Waals surface area contributed by atoms with Crippen LogP contribution < -0.4 is 10.1 Å². The van der Waals surface area contributed by atoms with Crippen molar-refractivity contribution in [3.8, 4) is 17.2 Å². The van der Waals surface area contributed by atoms with Crippen molar-refractivity contribution in [2.24, 2.45) is 0 Å². The van der Waals surface area contributed by atoms with Gasteiger partial charge in [0.25, 0.3) is 5.91 Å². The molecule has 0 unspecified atom stereocenters. The number of amides is 1. The van der Waals surface area contributed by atoms with Crippen molar-refractivity contribution in [1.29, 1.82) is 0 Å². The summed E-state index contributed by atoms with van der Waals surface area (Å²) in [6.07, 6.45) is 0. The summed E-state index contributed by atoms with van der Waals surface area (Å²) in [6, 6.07) is 16.3. The third-order valence-electron chi connectivity index (χ3n) is 4.81. The van der Waals surface area contributed by atoms with Crippen LogP contribution in [0, 0.1) is 13.8 Å². The van der Waals surface area contributed by atoms with Crippen LogP contribution in [0.25, 0.3) is 22.6 Å². The minimum absolute atomic E-state index is 0.271. The van der Waals surface area contributed by atoms with Crippen LogP contribution in [-0.2, 0) is 0 Å². The van der Waals surface area contributed by atoms with Gasteiger partial charge in [0.1, 0.15) is 11.3 Å². The number of halogens is 1. The fraction of sp³-hybridized carbons (Fsp3) is 0.130. The van der Waals surface area contributed by atoms with E-state index in [1.165, 1.54) is 18.2 Å². The zero-order valence-corrected chi connectivity index (χ0v) is 17.0. The Hall–Kier alpha value is -3.31. The van der Waals surface area contributed by atoms with Crippen molar-refractivity contribution in [3.63, 3.8) is 0 Å². The molecule has 29 heavy (non-hydrogen) atoms. The third-order valence-corrected chi connectivity index (χ3v) is 5.11. The summed E-state index contributed by atoms with van der Waals surface area (Å²) in [5.41, 5.74) is 5.70. The summed E-state index contributed by atoms with van der Waals surface area (Å²) in [6.45, 7) is 4.12. The van der Waals surface area contributed by atoms with Crippen molar-refractivity contribution < 1.29 is 13.9 Å². The molecule has 0 saturated heterocycles. The molecule has 0 aliphatic heterocycles. The minimum atomic E-state index is -0.271. The van der Waals surface area contributed by atoms with Gasteiger partial charge in [-0.2, -0.15) is 0 Å². The molecule has 0 atom stereocenters. The maximum absolute atomic E-state index is 12.5. The topological polar surface area (TPSA) is 64.4 Å². The molecular weight excluding hydrogens is 388 g/mol. The van der Waals surface area contributed by atoms with Crippen LogP contribution in [0.15, 0.2) is 59.0 Å². The second-order valence-electron chi connectivity index (χ2n) is 6.80. The molecule has 4 aromatic rings. The van der Waals surface area contributed by atoms with E-state index >= 15 is 0 Å². The number of methoxy groups -OCH3 is 1. The summed E-state index contributed by atoms with van der Waals surface area (Å²) < 4.78 is 11.0. The molecule has 4 rings (SSSR count). The molecule has 6 heteroatoms. The molecule has 5 nitrogen and oxygen atoms in total. The number of ether oxygens (including phenoxy) is 1. The zero-order chi connectivity index (χ0) is 20.5. The Morgan fingerprint density at radius 2 is 1.86 bits per heavy atom. The Kier molecular flexibility index (Phi) is 4.99.